The van der Waals surface area contributed by atoms with Gasteiger partial charge in [-0.1, -0.05) is 19.8 Å². The predicted molar refractivity (Wildman–Crippen MR) is 61.8 cm³/mol. The zero-order valence-electron chi connectivity index (χ0n) is 9.82. The van der Waals surface area contributed by atoms with Gasteiger partial charge in [-0.15, -0.1) is 0 Å². The number of nitrogens with zero attached hydrogens (tertiary/aromatic N) is 1. The van der Waals surface area contributed by atoms with Crippen LogP contribution in [0.15, 0.2) is 0 Å². The molecular weight excluding hydrogens is 188 g/mol. The molecule has 2 aliphatic rings. The molecule has 3 nitrogen and oxygen atoms in total. The van der Waals surface area contributed by atoms with Crippen molar-refractivity contribution in [3.63, 3.8) is 0 Å². The maximum Gasteiger partial charge on any atom is 0.0824 e. The van der Waals surface area contributed by atoms with Gasteiger partial charge in [-0.3, -0.25) is 4.90 Å². The van der Waals surface area contributed by atoms with Crippen LogP contribution in [-0.4, -0.2) is 43.3 Å². The smallest absolute Gasteiger partial charge is 0.0824 e. The average molecular weight is 212 g/mol. The highest BCUT2D eigenvalue weighted by atomic mass is 16.5. The van der Waals surface area contributed by atoms with Gasteiger partial charge >= 0.3 is 0 Å². The highest BCUT2D eigenvalue weighted by Gasteiger charge is 2.30. The SMILES string of the molecule is CC1CCCCC1N1CCOC(CN)C1. The van der Waals surface area contributed by atoms with Gasteiger partial charge in [-0.2, -0.15) is 0 Å². The Balaban J connectivity index is 1.90. The second-order valence-corrected chi connectivity index (χ2v) is 5.05. The van der Waals surface area contributed by atoms with E-state index in [1.807, 2.05) is 0 Å². The van der Waals surface area contributed by atoms with E-state index in [-0.39, 0.29) is 6.10 Å². The summed E-state index contributed by atoms with van der Waals surface area (Å²) in [6.45, 7) is 6.08. The largest absolute Gasteiger partial charge is 0.374 e. The molecule has 2 N–H and O–H groups in total. The van der Waals surface area contributed by atoms with Crippen LogP contribution in [0, 0.1) is 5.92 Å². The fourth-order valence-electron chi connectivity index (χ4n) is 3.03. The predicted octanol–water partition coefficient (Wildman–Crippen LogP) is 1.22. The second kappa shape index (κ2) is 5.28. The monoisotopic (exact) mass is 212 g/mol. The number of hydrogen-bond acceptors (Lipinski definition) is 3. The van der Waals surface area contributed by atoms with Crippen LogP contribution in [0.5, 0.6) is 0 Å². The molecule has 2 fully saturated rings. The molecule has 3 heteroatoms. The van der Waals surface area contributed by atoms with Gasteiger partial charge in [0.1, 0.15) is 0 Å². The van der Waals surface area contributed by atoms with Gasteiger partial charge in [-0.25, -0.2) is 0 Å². The summed E-state index contributed by atoms with van der Waals surface area (Å²) in [5.74, 6) is 0.857. The van der Waals surface area contributed by atoms with E-state index in [1.165, 1.54) is 25.7 Å². The summed E-state index contributed by atoms with van der Waals surface area (Å²) in [7, 11) is 0. The summed E-state index contributed by atoms with van der Waals surface area (Å²) in [6.07, 6.45) is 5.86. The number of ether oxygens (including phenoxy) is 1. The summed E-state index contributed by atoms with van der Waals surface area (Å²) in [5, 5.41) is 0. The summed E-state index contributed by atoms with van der Waals surface area (Å²) in [5.41, 5.74) is 5.68. The van der Waals surface area contributed by atoms with Crippen molar-refractivity contribution in [1.29, 1.82) is 0 Å². The fourth-order valence-corrected chi connectivity index (χ4v) is 3.03. The van der Waals surface area contributed by atoms with Gasteiger partial charge in [0.2, 0.25) is 0 Å². The molecule has 1 saturated carbocycles. The minimum atomic E-state index is 0.271. The van der Waals surface area contributed by atoms with Crippen LogP contribution in [0.3, 0.4) is 0 Å². The molecule has 3 unspecified atom stereocenters. The molecule has 15 heavy (non-hydrogen) atoms. The molecule has 1 saturated heterocycles. The Kier molecular flexibility index (Phi) is 4.00. The van der Waals surface area contributed by atoms with Gasteiger partial charge in [0, 0.05) is 25.7 Å². The highest BCUT2D eigenvalue weighted by molar-refractivity contribution is 4.84. The minimum absolute atomic E-state index is 0.271. The van der Waals surface area contributed by atoms with Crippen LogP contribution in [0.4, 0.5) is 0 Å². The lowest BCUT2D eigenvalue weighted by Gasteiger charge is -2.42. The first-order valence-electron chi connectivity index (χ1n) is 6.37. The Hall–Kier alpha value is -0.120. The first-order chi connectivity index (χ1) is 7.31. The molecule has 0 radical (unpaired) electrons. The van der Waals surface area contributed by atoms with E-state index in [4.69, 9.17) is 10.5 Å². The number of hydrogen-bond donors (Lipinski definition) is 1. The third-order valence-electron chi connectivity index (χ3n) is 3.97. The van der Waals surface area contributed by atoms with E-state index in [2.05, 4.69) is 11.8 Å². The lowest BCUT2D eigenvalue weighted by molar-refractivity contribution is -0.0519. The molecule has 1 aliphatic carbocycles. The molecule has 0 spiro atoms. The highest BCUT2D eigenvalue weighted by Crippen LogP contribution is 2.28. The fraction of sp³-hybridized carbons (Fsp3) is 1.00. The molecule has 1 aliphatic heterocycles. The average Bonchev–Trinajstić information content (AvgIpc) is 2.30. The topological polar surface area (TPSA) is 38.5 Å². The van der Waals surface area contributed by atoms with Crippen molar-refractivity contribution in [1.82, 2.24) is 4.90 Å². The minimum Gasteiger partial charge on any atom is -0.374 e. The lowest BCUT2D eigenvalue weighted by Crippen LogP contribution is -2.52. The molecule has 2 rings (SSSR count). The lowest BCUT2D eigenvalue weighted by atomic mass is 9.84. The van der Waals surface area contributed by atoms with E-state index in [0.717, 1.165) is 31.7 Å². The van der Waals surface area contributed by atoms with Crippen molar-refractivity contribution < 1.29 is 4.74 Å². The van der Waals surface area contributed by atoms with Crippen LogP contribution >= 0.6 is 0 Å². The van der Waals surface area contributed by atoms with Gasteiger partial charge in [0.15, 0.2) is 0 Å². The zero-order valence-corrected chi connectivity index (χ0v) is 9.82. The van der Waals surface area contributed by atoms with E-state index in [0.29, 0.717) is 6.54 Å². The standard InChI is InChI=1S/C12H24N2O/c1-10-4-2-3-5-12(10)14-6-7-15-11(8-13)9-14/h10-12H,2-9,13H2,1H3. The summed E-state index contributed by atoms with van der Waals surface area (Å²) >= 11 is 0. The maximum absolute atomic E-state index is 5.68. The third-order valence-corrected chi connectivity index (χ3v) is 3.97. The number of rotatable bonds is 2. The molecule has 0 aromatic rings. The van der Waals surface area contributed by atoms with Crippen molar-refractivity contribution in [2.24, 2.45) is 11.7 Å². The van der Waals surface area contributed by atoms with Crippen LogP contribution in [0.2, 0.25) is 0 Å². The van der Waals surface area contributed by atoms with E-state index >= 15 is 0 Å². The Morgan fingerprint density at radius 1 is 1.33 bits per heavy atom. The van der Waals surface area contributed by atoms with Gasteiger partial charge < -0.3 is 10.5 Å². The molecule has 0 bridgehead atoms. The summed E-state index contributed by atoms with van der Waals surface area (Å²) in [4.78, 5) is 2.62. The van der Waals surface area contributed by atoms with Gasteiger partial charge in [0.25, 0.3) is 0 Å². The van der Waals surface area contributed by atoms with Crippen LogP contribution in [-0.2, 0) is 4.74 Å². The van der Waals surface area contributed by atoms with E-state index in [1.54, 1.807) is 0 Å². The van der Waals surface area contributed by atoms with Gasteiger partial charge in [-0.05, 0) is 18.8 Å². The number of morpholine rings is 1. The van der Waals surface area contributed by atoms with Gasteiger partial charge in [0.05, 0.1) is 12.7 Å². The van der Waals surface area contributed by atoms with E-state index in [9.17, 15) is 0 Å². The van der Waals surface area contributed by atoms with Crippen molar-refractivity contribution in [2.75, 3.05) is 26.2 Å². The zero-order chi connectivity index (χ0) is 10.7. The van der Waals surface area contributed by atoms with Crippen LogP contribution in [0.25, 0.3) is 0 Å². The molecule has 1 heterocycles. The Bertz CT molecular complexity index is 198. The molecular formula is C12H24N2O. The van der Waals surface area contributed by atoms with Crippen LogP contribution < -0.4 is 5.73 Å². The Morgan fingerprint density at radius 3 is 2.87 bits per heavy atom. The molecule has 0 aromatic heterocycles. The quantitative estimate of drug-likeness (QED) is 0.748. The summed E-state index contributed by atoms with van der Waals surface area (Å²) < 4.78 is 5.62. The third kappa shape index (κ3) is 2.71. The van der Waals surface area contributed by atoms with E-state index < -0.39 is 0 Å². The Labute approximate surface area is 93.0 Å². The molecule has 3 atom stereocenters. The van der Waals surface area contributed by atoms with Crippen LogP contribution in [0.1, 0.15) is 32.6 Å². The second-order valence-electron chi connectivity index (χ2n) is 5.05. The van der Waals surface area contributed by atoms with Crippen molar-refractivity contribution in [3.8, 4) is 0 Å². The maximum atomic E-state index is 5.68. The van der Waals surface area contributed by atoms with Crippen molar-refractivity contribution in [2.45, 2.75) is 44.8 Å². The molecule has 0 amide bonds. The number of nitrogens with two attached hydrogens (primary N) is 1. The van der Waals surface area contributed by atoms with Crippen molar-refractivity contribution >= 4 is 0 Å². The summed E-state index contributed by atoms with van der Waals surface area (Å²) in [6, 6.07) is 0.789. The molecule has 0 aromatic carbocycles. The Morgan fingerprint density at radius 2 is 2.13 bits per heavy atom. The first-order valence-corrected chi connectivity index (χ1v) is 6.37. The normalized spacial score (nSPS) is 39.2. The molecule has 88 valence electrons. The van der Waals surface area contributed by atoms with Crippen molar-refractivity contribution in [3.05, 3.63) is 0 Å². The first kappa shape index (κ1) is 11.4.